The first kappa shape index (κ1) is 45.1. The zero-order valence-electron chi connectivity index (χ0n) is 29.1. The predicted octanol–water partition coefficient (Wildman–Crippen LogP) is 6.09. The molecule has 0 radical (unpaired) electrons. The lowest BCUT2D eigenvalue weighted by Crippen LogP contribution is -2.54. The summed E-state index contributed by atoms with van der Waals surface area (Å²) in [6.45, 7) is 0. The molecule has 0 aliphatic carbocycles. The number of benzene rings is 4. The van der Waals surface area contributed by atoms with Crippen molar-refractivity contribution in [2.45, 2.75) is 15.8 Å². The Balaban J connectivity index is 1.52. The smallest absolute Gasteiger partial charge is 0.297 e. The van der Waals surface area contributed by atoms with Crippen molar-refractivity contribution < 1.29 is 39.9 Å². The molecule has 2 amide bonds. The van der Waals surface area contributed by atoms with E-state index in [4.69, 9.17) is 28.0 Å². The molecule has 0 spiro atoms. The lowest BCUT2D eigenvalue weighted by Gasteiger charge is -2.19. The van der Waals surface area contributed by atoms with Crippen LogP contribution in [0.1, 0.15) is 16.7 Å². The van der Waals surface area contributed by atoms with Crippen molar-refractivity contribution in [3.05, 3.63) is 103 Å². The number of isothiocyanates is 1. The molecule has 0 heterocycles. The molecule has 1 atom stereocenters. The van der Waals surface area contributed by atoms with Crippen molar-refractivity contribution in [1.29, 1.82) is 0 Å². The first-order valence-electron chi connectivity index (χ1n) is 15.5. The molecule has 6 N–H and O–H groups in total. The van der Waals surface area contributed by atoms with Gasteiger partial charge in [0.25, 0.3) is 32.1 Å². The average molecular weight is 1000 g/mol. The fourth-order valence-electron chi connectivity index (χ4n) is 4.54. The maximum atomic E-state index is 13.3. The Morgan fingerprint density at radius 1 is 0.842 bits per heavy atom. The molecular formula is C34H28Br2ClN7O9S4. The van der Waals surface area contributed by atoms with Gasteiger partial charge in [0.2, 0.25) is 0 Å². The SMILES string of the molecule is COS(=O)(=O)c1cc(N=C=S)ccc1/C=C/c1ccc(NC(=S)NNC(=O)C(Nc2ccc(Cl)cc2)C(=O)N/N=C/c2cc(Br)c(O)c(Br)c2)cc1S(=O)(=O)OC. The number of rotatable bonds is 14. The summed E-state index contributed by atoms with van der Waals surface area (Å²) in [5, 5.41) is 21.7. The van der Waals surface area contributed by atoms with Crippen molar-refractivity contribution in [3.8, 4) is 5.75 Å². The Labute approximate surface area is 359 Å². The van der Waals surface area contributed by atoms with Gasteiger partial charge in [-0.15, -0.1) is 0 Å². The lowest BCUT2D eigenvalue weighted by molar-refractivity contribution is -0.130. The van der Waals surface area contributed by atoms with E-state index in [1.165, 1.54) is 54.8 Å². The second-order valence-electron chi connectivity index (χ2n) is 11.0. The van der Waals surface area contributed by atoms with Gasteiger partial charge < -0.3 is 15.7 Å². The first-order valence-corrected chi connectivity index (χ1v) is 21.1. The van der Waals surface area contributed by atoms with Crippen LogP contribution in [0.4, 0.5) is 17.1 Å². The van der Waals surface area contributed by atoms with Crippen LogP contribution < -0.4 is 26.9 Å². The molecule has 4 rings (SSSR count). The average Bonchev–Trinajstić information content (AvgIpc) is 3.18. The summed E-state index contributed by atoms with van der Waals surface area (Å²) in [6, 6.07) is 15.9. The van der Waals surface area contributed by atoms with E-state index in [-0.39, 0.29) is 43.2 Å². The molecule has 0 aliphatic rings. The fourth-order valence-corrected chi connectivity index (χ4v) is 7.90. The number of phenols is 1. The number of thiocarbonyl (C=S) groups is 2. The van der Waals surface area contributed by atoms with Gasteiger partial charge in [-0.3, -0.25) is 28.8 Å². The number of hydrogen-bond acceptors (Lipinski definition) is 14. The van der Waals surface area contributed by atoms with E-state index >= 15 is 0 Å². The van der Waals surface area contributed by atoms with Gasteiger partial charge in [0.1, 0.15) is 15.5 Å². The quantitative estimate of drug-likeness (QED) is 0.0210. The third-order valence-electron chi connectivity index (χ3n) is 7.27. The molecule has 0 fully saturated rings. The second kappa shape index (κ2) is 20.2. The molecule has 0 aromatic heterocycles. The van der Waals surface area contributed by atoms with Crippen molar-refractivity contribution in [1.82, 2.24) is 16.3 Å². The Bertz CT molecular complexity index is 2520. The molecular weight excluding hydrogens is 974 g/mol. The zero-order chi connectivity index (χ0) is 41.9. The molecule has 4 aromatic carbocycles. The number of aromatic hydroxyl groups is 1. The predicted molar refractivity (Wildman–Crippen MR) is 230 cm³/mol. The summed E-state index contributed by atoms with van der Waals surface area (Å²) in [5.74, 6) is -1.81. The standard InChI is InChI=1S/C34H28Br2ClN7O9S4/c1-52-56(48,49)28-15-24(38-18-54)9-5-20(28)3-4-21-6-10-25(16-29(21)57(50,51)53-2)41-34(55)44-43-33(47)30(40-23-11-7-22(37)8-12-23)32(46)42-39-17-19-13-26(35)31(45)27(36)14-19/h3-17,30,40,45H,1-2H3,(H,42,46)(H,43,47)(H2,41,44,55)/b4-3+,39-17+. The number of carbonyl (C=O) groups excluding carboxylic acids is 2. The van der Waals surface area contributed by atoms with E-state index in [2.05, 4.69) is 90.4 Å². The fraction of sp³-hybridized carbons (Fsp3) is 0.0882. The van der Waals surface area contributed by atoms with Crippen LogP contribution in [-0.4, -0.2) is 70.5 Å². The molecule has 0 saturated carbocycles. The summed E-state index contributed by atoms with van der Waals surface area (Å²) in [5.41, 5.74) is 8.51. The van der Waals surface area contributed by atoms with Gasteiger partial charge in [-0.05, 0) is 134 Å². The summed E-state index contributed by atoms with van der Waals surface area (Å²) in [7, 11) is -6.62. The Hall–Kier alpha value is -4.61. The minimum absolute atomic E-state index is 0.0271. The number of amides is 2. The summed E-state index contributed by atoms with van der Waals surface area (Å²) < 4.78 is 61.4. The molecule has 0 aliphatic heterocycles. The van der Waals surface area contributed by atoms with Crippen molar-refractivity contribution >= 4 is 146 Å². The number of phenolic OH excluding ortho intramolecular Hbond substituents is 1. The summed E-state index contributed by atoms with van der Waals surface area (Å²) in [6.07, 6.45) is 4.00. The van der Waals surface area contributed by atoms with E-state index in [0.717, 1.165) is 14.2 Å². The second-order valence-corrected chi connectivity index (χ2v) is 17.1. The van der Waals surface area contributed by atoms with Crippen LogP contribution in [0.25, 0.3) is 12.2 Å². The zero-order valence-corrected chi connectivity index (χ0v) is 36.3. The third-order valence-corrected chi connectivity index (χ3v) is 11.7. The molecule has 1 unspecified atom stereocenters. The summed E-state index contributed by atoms with van der Waals surface area (Å²) in [4.78, 5) is 29.7. The van der Waals surface area contributed by atoms with E-state index in [9.17, 15) is 31.5 Å². The molecule has 23 heteroatoms. The highest BCUT2D eigenvalue weighted by atomic mass is 79.9. The number of nitrogens with zero attached hydrogens (tertiary/aromatic N) is 2. The van der Waals surface area contributed by atoms with Crippen molar-refractivity contribution in [2.75, 3.05) is 24.9 Å². The highest BCUT2D eigenvalue weighted by Crippen LogP contribution is 2.33. The van der Waals surface area contributed by atoms with E-state index in [1.54, 1.807) is 36.4 Å². The topological polar surface area (TPSA) is 226 Å². The number of hydrogen-bond donors (Lipinski definition) is 6. The molecule has 298 valence electrons. The number of nitrogens with one attached hydrogen (secondary N) is 5. The largest absolute Gasteiger partial charge is 0.506 e. The monoisotopic (exact) mass is 999 g/mol. The van der Waals surface area contributed by atoms with Gasteiger partial charge in [-0.25, -0.2) is 5.43 Å². The van der Waals surface area contributed by atoms with Crippen LogP contribution in [0.3, 0.4) is 0 Å². The van der Waals surface area contributed by atoms with Crippen molar-refractivity contribution in [2.24, 2.45) is 10.1 Å². The van der Waals surface area contributed by atoms with Crippen LogP contribution in [0.2, 0.25) is 5.02 Å². The lowest BCUT2D eigenvalue weighted by atomic mass is 10.1. The molecule has 4 aromatic rings. The number of carbonyl (C=O) groups is 2. The number of halogens is 3. The number of anilines is 2. The molecule has 57 heavy (non-hydrogen) atoms. The van der Waals surface area contributed by atoms with Gasteiger partial charge in [0, 0.05) is 16.4 Å². The maximum Gasteiger partial charge on any atom is 0.297 e. The molecule has 16 nitrogen and oxygen atoms in total. The highest BCUT2D eigenvalue weighted by molar-refractivity contribution is 9.11. The van der Waals surface area contributed by atoms with Crippen LogP contribution in [0.15, 0.2) is 102 Å². The number of hydrazine groups is 1. The Kier molecular flexibility index (Phi) is 16.0. The Morgan fingerprint density at radius 2 is 1.40 bits per heavy atom. The summed E-state index contributed by atoms with van der Waals surface area (Å²) >= 11 is 22.3. The van der Waals surface area contributed by atoms with Gasteiger partial charge in [-0.2, -0.15) is 26.9 Å². The minimum Gasteiger partial charge on any atom is -0.506 e. The van der Waals surface area contributed by atoms with Gasteiger partial charge in [0.15, 0.2) is 11.2 Å². The van der Waals surface area contributed by atoms with Crippen LogP contribution in [0.5, 0.6) is 5.75 Å². The molecule has 0 bridgehead atoms. The number of hydrazone groups is 1. The van der Waals surface area contributed by atoms with Crippen molar-refractivity contribution in [3.63, 3.8) is 0 Å². The molecule has 0 saturated heterocycles. The van der Waals surface area contributed by atoms with E-state index in [1.807, 2.05) is 0 Å². The maximum absolute atomic E-state index is 13.3. The van der Waals surface area contributed by atoms with Gasteiger partial charge in [-0.1, -0.05) is 35.9 Å². The van der Waals surface area contributed by atoms with Gasteiger partial charge in [0.05, 0.1) is 40.2 Å². The van der Waals surface area contributed by atoms with Gasteiger partial charge >= 0.3 is 0 Å². The third kappa shape index (κ3) is 12.4. The number of aliphatic imine (C=N–C) groups is 1. The first-order chi connectivity index (χ1) is 27.0. The van der Waals surface area contributed by atoms with Crippen LogP contribution in [0, 0.1) is 0 Å². The normalized spacial score (nSPS) is 12.1. The Morgan fingerprint density at radius 3 is 1.98 bits per heavy atom. The highest BCUT2D eigenvalue weighted by Gasteiger charge is 2.27. The van der Waals surface area contributed by atoms with E-state index in [0.29, 0.717) is 25.2 Å². The minimum atomic E-state index is -4.35. The van der Waals surface area contributed by atoms with Crippen LogP contribution >= 0.6 is 67.9 Å². The van der Waals surface area contributed by atoms with Crippen LogP contribution in [-0.2, 0) is 38.2 Å². The van der Waals surface area contributed by atoms with E-state index < -0.39 is 38.1 Å².